The van der Waals surface area contributed by atoms with Gasteiger partial charge in [-0.1, -0.05) is 0 Å². The van der Waals surface area contributed by atoms with Crippen LogP contribution in [0.5, 0.6) is 11.7 Å². The number of aromatic hydroxyl groups is 2. The molecule has 0 saturated carbocycles. The largest absolute Gasteiger partial charge is 0.504 e. The van der Waals surface area contributed by atoms with E-state index in [1.54, 1.807) is 0 Å². The molecule has 0 aliphatic heterocycles. The number of phenols is 1. The molecule has 0 aliphatic rings. The third-order valence-corrected chi connectivity index (χ3v) is 2.97. The Morgan fingerprint density at radius 2 is 1.90 bits per heavy atom. The van der Waals surface area contributed by atoms with Gasteiger partial charge in [-0.3, -0.25) is 0 Å². The van der Waals surface area contributed by atoms with E-state index < -0.39 is 29.6 Å². The molecule has 1 aromatic carbocycles. The first kappa shape index (κ1) is 14.6. The lowest BCUT2D eigenvalue weighted by Crippen LogP contribution is -2.05. The Balaban J connectivity index is 2.33. The zero-order chi connectivity index (χ0) is 15.1. The van der Waals surface area contributed by atoms with Gasteiger partial charge in [0.1, 0.15) is 5.69 Å². The van der Waals surface area contributed by atoms with Crippen molar-refractivity contribution in [3.05, 3.63) is 39.6 Å². The number of halogens is 5. The summed E-state index contributed by atoms with van der Waals surface area (Å²) in [5, 5.41) is 18.5. The first-order valence-corrected chi connectivity index (χ1v) is 5.90. The van der Waals surface area contributed by atoms with Crippen LogP contribution in [0.3, 0.4) is 0 Å². The van der Waals surface area contributed by atoms with Gasteiger partial charge in [-0.25, -0.2) is 9.37 Å². The molecule has 0 atom stereocenters. The number of aromatic nitrogens is 1. The molecule has 1 aromatic heterocycles. The molecule has 0 unspecified atom stereocenters. The molecule has 0 saturated heterocycles. The molecule has 9 heteroatoms. The minimum atomic E-state index is -4.82. The van der Waals surface area contributed by atoms with E-state index in [9.17, 15) is 27.8 Å². The highest BCUT2D eigenvalue weighted by Crippen LogP contribution is 2.34. The molecule has 0 spiro atoms. The van der Waals surface area contributed by atoms with E-state index in [1.807, 2.05) is 0 Å². The SMILES string of the molecule is Oc1oc(C(F)(F)F)nc1Cc1cc(F)c(O)c(Br)c1. The maximum atomic E-state index is 13.3. The summed E-state index contributed by atoms with van der Waals surface area (Å²) in [7, 11) is 0. The molecule has 20 heavy (non-hydrogen) atoms. The molecule has 108 valence electrons. The second-order valence-corrected chi connectivity index (χ2v) is 4.71. The van der Waals surface area contributed by atoms with Gasteiger partial charge in [-0.05, 0) is 33.6 Å². The van der Waals surface area contributed by atoms with Gasteiger partial charge in [0.2, 0.25) is 0 Å². The Morgan fingerprint density at radius 3 is 2.40 bits per heavy atom. The maximum Gasteiger partial charge on any atom is 0.469 e. The van der Waals surface area contributed by atoms with Crippen molar-refractivity contribution in [2.75, 3.05) is 0 Å². The van der Waals surface area contributed by atoms with Crippen molar-refractivity contribution in [3.8, 4) is 11.7 Å². The lowest BCUT2D eigenvalue weighted by atomic mass is 10.1. The molecule has 0 amide bonds. The highest BCUT2D eigenvalue weighted by Gasteiger charge is 2.38. The van der Waals surface area contributed by atoms with E-state index in [4.69, 9.17) is 0 Å². The van der Waals surface area contributed by atoms with Gasteiger partial charge in [0, 0.05) is 6.42 Å². The number of alkyl halides is 3. The minimum absolute atomic E-state index is 0.0338. The van der Waals surface area contributed by atoms with Gasteiger partial charge in [-0.15, -0.1) is 0 Å². The monoisotopic (exact) mass is 355 g/mol. The fourth-order valence-electron chi connectivity index (χ4n) is 1.49. The van der Waals surface area contributed by atoms with E-state index in [0.29, 0.717) is 0 Å². The van der Waals surface area contributed by atoms with Crippen LogP contribution in [0.4, 0.5) is 17.6 Å². The Hall–Kier alpha value is -1.77. The third kappa shape index (κ3) is 2.87. The summed E-state index contributed by atoms with van der Waals surface area (Å²) in [4.78, 5) is 3.12. The van der Waals surface area contributed by atoms with Crippen LogP contribution in [0.15, 0.2) is 21.0 Å². The summed E-state index contributed by atoms with van der Waals surface area (Å²) in [6.45, 7) is 0. The van der Waals surface area contributed by atoms with Crippen LogP contribution in [0, 0.1) is 5.82 Å². The van der Waals surface area contributed by atoms with Crippen LogP contribution in [0.2, 0.25) is 0 Å². The lowest BCUT2D eigenvalue weighted by Gasteiger charge is -2.03. The average Bonchev–Trinajstić information content (AvgIpc) is 2.68. The Labute approximate surface area is 117 Å². The Bertz CT molecular complexity index is 631. The molecule has 2 rings (SSSR count). The summed E-state index contributed by atoms with van der Waals surface area (Å²) in [6.07, 6.45) is -5.11. The molecular formula is C11H6BrF4NO3. The van der Waals surface area contributed by atoms with Crippen molar-refractivity contribution in [3.63, 3.8) is 0 Å². The Kier molecular flexibility index (Phi) is 3.63. The van der Waals surface area contributed by atoms with Crippen LogP contribution in [0.1, 0.15) is 17.1 Å². The predicted molar refractivity (Wildman–Crippen MR) is 61.7 cm³/mol. The fraction of sp³-hybridized carbons (Fsp3) is 0.182. The normalized spacial score (nSPS) is 11.8. The van der Waals surface area contributed by atoms with Crippen molar-refractivity contribution in [2.24, 2.45) is 0 Å². The molecule has 0 radical (unpaired) electrons. The van der Waals surface area contributed by atoms with E-state index >= 15 is 0 Å². The van der Waals surface area contributed by atoms with E-state index in [-0.39, 0.29) is 22.2 Å². The number of oxazole rings is 1. The number of hydrogen-bond acceptors (Lipinski definition) is 4. The molecule has 0 bridgehead atoms. The molecular weight excluding hydrogens is 350 g/mol. The van der Waals surface area contributed by atoms with Crippen molar-refractivity contribution in [1.29, 1.82) is 0 Å². The number of nitrogens with zero attached hydrogens (tertiary/aromatic N) is 1. The number of phenolic OH excluding ortho intramolecular Hbond substituents is 1. The van der Waals surface area contributed by atoms with Crippen molar-refractivity contribution in [2.45, 2.75) is 12.6 Å². The molecule has 4 nitrogen and oxygen atoms in total. The highest BCUT2D eigenvalue weighted by molar-refractivity contribution is 9.10. The average molecular weight is 356 g/mol. The summed E-state index contributed by atoms with van der Waals surface area (Å²) >= 11 is 2.89. The van der Waals surface area contributed by atoms with Crippen LogP contribution in [-0.2, 0) is 12.6 Å². The first-order chi connectivity index (χ1) is 9.18. The van der Waals surface area contributed by atoms with Gasteiger partial charge in [-0.2, -0.15) is 13.2 Å². The number of rotatable bonds is 2. The quantitative estimate of drug-likeness (QED) is 0.807. The van der Waals surface area contributed by atoms with E-state index in [0.717, 1.165) is 6.07 Å². The second kappa shape index (κ2) is 4.97. The fourth-order valence-corrected chi connectivity index (χ4v) is 1.98. The summed E-state index contributed by atoms with van der Waals surface area (Å²) in [6, 6.07) is 2.21. The lowest BCUT2D eigenvalue weighted by molar-refractivity contribution is -0.157. The topological polar surface area (TPSA) is 66.5 Å². The number of hydrogen-bond donors (Lipinski definition) is 2. The second-order valence-electron chi connectivity index (χ2n) is 3.85. The molecule has 2 N–H and O–H groups in total. The molecule has 2 aromatic rings. The zero-order valence-electron chi connectivity index (χ0n) is 9.50. The molecule has 0 fully saturated rings. The van der Waals surface area contributed by atoms with Gasteiger partial charge in [0.15, 0.2) is 11.6 Å². The van der Waals surface area contributed by atoms with Crippen molar-refractivity contribution < 1.29 is 32.2 Å². The van der Waals surface area contributed by atoms with Gasteiger partial charge in [0.25, 0.3) is 0 Å². The number of benzene rings is 1. The van der Waals surface area contributed by atoms with Crippen LogP contribution < -0.4 is 0 Å². The minimum Gasteiger partial charge on any atom is -0.504 e. The maximum absolute atomic E-state index is 13.3. The van der Waals surface area contributed by atoms with E-state index in [2.05, 4.69) is 25.3 Å². The smallest absolute Gasteiger partial charge is 0.469 e. The van der Waals surface area contributed by atoms with Crippen LogP contribution in [-0.4, -0.2) is 15.2 Å². The van der Waals surface area contributed by atoms with Gasteiger partial charge >= 0.3 is 18.0 Å². The summed E-state index contributed by atoms with van der Waals surface area (Å²) in [5.74, 6) is -4.13. The third-order valence-electron chi connectivity index (χ3n) is 2.37. The molecule has 1 heterocycles. The van der Waals surface area contributed by atoms with Gasteiger partial charge < -0.3 is 14.6 Å². The predicted octanol–water partition coefficient (Wildman–Crippen LogP) is 3.60. The first-order valence-electron chi connectivity index (χ1n) is 5.11. The van der Waals surface area contributed by atoms with Crippen molar-refractivity contribution in [1.82, 2.24) is 4.98 Å². The van der Waals surface area contributed by atoms with E-state index in [1.165, 1.54) is 6.07 Å². The zero-order valence-corrected chi connectivity index (χ0v) is 11.1. The summed E-state index contributed by atoms with van der Waals surface area (Å²) in [5.41, 5.74) is -0.182. The Morgan fingerprint density at radius 1 is 1.25 bits per heavy atom. The van der Waals surface area contributed by atoms with Crippen LogP contribution in [0.25, 0.3) is 0 Å². The summed E-state index contributed by atoms with van der Waals surface area (Å²) < 4.78 is 54.4. The molecule has 0 aliphatic carbocycles. The van der Waals surface area contributed by atoms with Crippen LogP contribution >= 0.6 is 15.9 Å². The van der Waals surface area contributed by atoms with Crippen molar-refractivity contribution >= 4 is 15.9 Å². The highest BCUT2D eigenvalue weighted by atomic mass is 79.9. The van der Waals surface area contributed by atoms with Gasteiger partial charge in [0.05, 0.1) is 4.47 Å². The standard InChI is InChI=1S/C11H6BrF4NO3/c12-5-1-4(2-6(13)8(5)18)3-7-9(19)20-10(17-7)11(14,15)16/h1-2,18-19H,3H2.